The number of hydrogen-bond donors (Lipinski definition) is 3. The molecular weight excluding hydrogens is 240 g/mol. The lowest BCUT2D eigenvalue weighted by molar-refractivity contribution is -0.127. The highest BCUT2D eigenvalue weighted by molar-refractivity contribution is 5.78. The lowest BCUT2D eigenvalue weighted by atomic mass is 9.71. The van der Waals surface area contributed by atoms with E-state index in [1.54, 1.807) is 0 Å². The van der Waals surface area contributed by atoms with Crippen LogP contribution in [0.4, 0.5) is 0 Å². The summed E-state index contributed by atoms with van der Waals surface area (Å²) >= 11 is 0. The molecule has 0 bridgehead atoms. The van der Waals surface area contributed by atoms with E-state index in [9.17, 15) is 9.90 Å². The Morgan fingerprint density at radius 3 is 2.37 bits per heavy atom. The standard InChI is InChI=1S/C15H28N2O2/c1-14(2)5-7-15(19,8-6-14)11-17-13(18)12-3-9-16-10-4-12/h12,16,19H,3-11H2,1-2H3,(H,17,18). The van der Waals surface area contributed by atoms with Crippen LogP contribution in [0.1, 0.15) is 52.4 Å². The molecule has 4 nitrogen and oxygen atoms in total. The first-order valence-corrected chi connectivity index (χ1v) is 7.61. The minimum absolute atomic E-state index is 0.125. The van der Waals surface area contributed by atoms with Crippen LogP contribution in [0.15, 0.2) is 0 Å². The Hall–Kier alpha value is -0.610. The van der Waals surface area contributed by atoms with E-state index in [4.69, 9.17) is 0 Å². The monoisotopic (exact) mass is 268 g/mol. The van der Waals surface area contributed by atoms with Crippen LogP contribution >= 0.6 is 0 Å². The molecule has 0 radical (unpaired) electrons. The number of rotatable bonds is 3. The zero-order chi connectivity index (χ0) is 13.9. The summed E-state index contributed by atoms with van der Waals surface area (Å²) in [5, 5.41) is 16.8. The molecule has 0 aromatic heterocycles. The fourth-order valence-corrected chi connectivity index (χ4v) is 3.05. The van der Waals surface area contributed by atoms with Crippen molar-refractivity contribution in [2.24, 2.45) is 11.3 Å². The summed E-state index contributed by atoms with van der Waals surface area (Å²) < 4.78 is 0. The molecule has 1 heterocycles. The third-order valence-electron chi connectivity index (χ3n) is 4.84. The van der Waals surface area contributed by atoms with Crippen LogP contribution in [0, 0.1) is 11.3 Å². The average molecular weight is 268 g/mol. The van der Waals surface area contributed by atoms with Gasteiger partial charge in [0, 0.05) is 12.5 Å². The fourth-order valence-electron chi connectivity index (χ4n) is 3.05. The zero-order valence-electron chi connectivity index (χ0n) is 12.3. The molecule has 2 aliphatic rings. The summed E-state index contributed by atoms with van der Waals surface area (Å²) in [5.74, 6) is 0.254. The summed E-state index contributed by atoms with van der Waals surface area (Å²) in [4.78, 5) is 12.1. The Labute approximate surface area is 116 Å². The van der Waals surface area contributed by atoms with Gasteiger partial charge in [-0.3, -0.25) is 4.79 Å². The zero-order valence-corrected chi connectivity index (χ0v) is 12.3. The summed E-state index contributed by atoms with van der Waals surface area (Å²) in [7, 11) is 0. The van der Waals surface area contributed by atoms with E-state index in [1.807, 2.05) is 0 Å². The van der Waals surface area contributed by atoms with Gasteiger partial charge < -0.3 is 15.7 Å². The molecule has 0 unspecified atom stereocenters. The fraction of sp³-hybridized carbons (Fsp3) is 0.933. The molecule has 110 valence electrons. The summed E-state index contributed by atoms with van der Waals surface area (Å²) in [5.41, 5.74) is -0.344. The first kappa shape index (κ1) is 14.8. The molecule has 1 amide bonds. The topological polar surface area (TPSA) is 61.4 Å². The molecule has 1 aliphatic heterocycles. The first-order chi connectivity index (χ1) is 8.90. The highest BCUT2D eigenvalue weighted by atomic mass is 16.3. The lowest BCUT2D eigenvalue weighted by Gasteiger charge is -2.40. The summed E-state index contributed by atoms with van der Waals surface area (Å²) in [6.45, 7) is 6.78. The van der Waals surface area contributed by atoms with Crippen molar-refractivity contribution >= 4 is 5.91 Å². The SMILES string of the molecule is CC1(C)CCC(O)(CNC(=O)C2CCNCC2)CC1. The van der Waals surface area contributed by atoms with E-state index in [0.717, 1.165) is 51.6 Å². The molecular formula is C15H28N2O2. The molecule has 1 saturated carbocycles. The van der Waals surface area contributed by atoms with E-state index in [1.165, 1.54) is 0 Å². The van der Waals surface area contributed by atoms with Crippen LogP contribution in [0.2, 0.25) is 0 Å². The number of hydrogen-bond acceptors (Lipinski definition) is 3. The first-order valence-electron chi connectivity index (χ1n) is 7.61. The molecule has 0 spiro atoms. The minimum Gasteiger partial charge on any atom is -0.388 e. The number of carbonyl (C=O) groups excluding carboxylic acids is 1. The van der Waals surface area contributed by atoms with E-state index in [-0.39, 0.29) is 11.8 Å². The van der Waals surface area contributed by atoms with Crippen LogP contribution < -0.4 is 10.6 Å². The van der Waals surface area contributed by atoms with Crippen molar-refractivity contribution in [3.63, 3.8) is 0 Å². The van der Waals surface area contributed by atoms with Gasteiger partial charge in [-0.25, -0.2) is 0 Å². The van der Waals surface area contributed by atoms with Crippen molar-refractivity contribution in [1.29, 1.82) is 0 Å². The van der Waals surface area contributed by atoms with Crippen molar-refractivity contribution in [1.82, 2.24) is 10.6 Å². The predicted molar refractivity (Wildman–Crippen MR) is 75.8 cm³/mol. The molecule has 0 aromatic rings. The van der Waals surface area contributed by atoms with Gasteiger partial charge >= 0.3 is 0 Å². The molecule has 2 fully saturated rings. The average Bonchev–Trinajstić information content (AvgIpc) is 2.41. The third-order valence-corrected chi connectivity index (χ3v) is 4.84. The van der Waals surface area contributed by atoms with Gasteiger partial charge in [0.15, 0.2) is 0 Å². The normalized spacial score (nSPS) is 26.9. The molecule has 3 N–H and O–H groups in total. The lowest BCUT2D eigenvalue weighted by Crippen LogP contribution is -2.48. The highest BCUT2D eigenvalue weighted by Gasteiger charge is 2.37. The van der Waals surface area contributed by atoms with Crippen LogP contribution in [-0.4, -0.2) is 36.2 Å². The van der Waals surface area contributed by atoms with Gasteiger partial charge in [-0.05, 0) is 57.0 Å². The van der Waals surface area contributed by atoms with Gasteiger partial charge in [0.05, 0.1) is 5.60 Å². The van der Waals surface area contributed by atoms with Gasteiger partial charge in [0.25, 0.3) is 0 Å². The van der Waals surface area contributed by atoms with Crippen molar-refractivity contribution < 1.29 is 9.90 Å². The quantitative estimate of drug-likeness (QED) is 0.726. The minimum atomic E-state index is -0.682. The van der Waals surface area contributed by atoms with Crippen molar-refractivity contribution in [3.05, 3.63) is 0 Å². The Morgan fingerprint density at radius 1 is 1.21 bits per heavy atom. The van der Waals surface area contributed by atoms with Gasteiger partial charge in [-0.2, -0.15) is 0 Å². The molecule has 19 heavy (non-hydrogen) atoms. The van der Waals surface area contributed by atoms with Gasteiger partial charge in [0.1, 0.15) is 0 Å². The Kier molecular flexibility index (Phi) is 4.51. The summed E-state index contributed by atoms with van der Waals surface area (Å²) in [6.07, 6.45) is 5.49. The van der Waals surface area contributed by atoms with Crippen molar-refractivity contribution in [2.45, 2.75) is 58.0 Å². The van der Waals surface area contributed by atoms with Crippen molar-refractivity contribution in [2.75, 3.05) is 19.6 Å². The molecule has 1 saturated heterocycles. The largest absolute Gasteiger partial charge is 0.388 e. The Bertz CT molecular complexity index is 312. The van der Waals surface area contributed by atoms with Gasteiger partial charge in [-0.15, -0.1) is 0 Å². The summed E-state index contributed by atoms with van der Waals surface area (Å²) in [6, 6.07) is 0. The van der Waals surface area contributed by atoms with Crippen LogP contribution in [0.3, 0.4) is 0 Å². The van der Waals surface area contributed by atoms with Crippen molar-refractivity contribution in [3.8, 4) is 0 Å². The van der Waals surface area contributed by atoms with E-state index >= 15 is 0 Å². The molecule has 4 heteroatoms. The molecule has 1 aliphatic carbocycles. The third kappa shape index (κ3) is 4.18. The Morgan fingerprint density at radius 2 is 1.79 bits per heavy atom. The number of nitrogens with one attached hydrogen (secondary N) is 2. The maximum atomic E-state index is 12.1. The molecule has 0 atom stereocenters. The highest BCUT2D eigenvalue weighted by Crippen LogP contribution is 2.39. The second-order valence-corrected chi connectivity index (χ2v) is 7.13. The number of carbonyl (C=O) groups is 1. The Balaban J connectivity index is 1.76. The van der Waals surface area contributed by atoms with Crippen LogP contribution in [0.25, 0.3) is 0 Å². The number of aliphatic hydroxyl groups is 1. The smallest absolute Gasteiger partial charge is 0.223 e. The maximum absolute atomic E-state index is 12.1. The maximum Gasteiger partial charge on any atom is 0.223 e. The van der Waals surface area contributed by atoms with Crippen LogP contribution in [0.5, 0.6) is 0 Å². The van der Waals surface area contributed by atoms with Gasteiger partial charge in [0.2, 0.25) is 5.91 Å². The van der Waals surface area contributed by atoms with Gasteiger partial charge in [-0.1, -0.05) is 13.8 Å². The van der Waals surface area contributed by atoms with E-state index in [0.29, 0.717) is 12.0 Å². The van der Waals surface area contributed by atoms with E-state index < -0.39 is 5.60 Å². The molecule has 2 rings (SSSR count). The second-order valence-electron chi connectivity index (χ2n) is 7.13. The van der Waals surface area contributed by atoms with Crippen LogP contribution in [-0.2, 0) is 4.79 Å². The number of piperidine rings is 1. The predicted octanol–water partition coefficient (Wildman–Crippen LogP) is 1.43. The number of amides is 1. The van der Waals surface area contributed by atoms with E-state index in [2.05, 4.69) is 24.5 Å². The molecule has 0 aromatic carbocycles. The second kappa shape index (κ2) is 5.80.